The zero-order valence-electron chi connectivity index (χ0n) is 11.1. The summed E-state index contributed by atoms with van der Waals surface area (Å²) in [7, 11) is 0. The Morgan fingerprint density at radius 1 is 1.24 bits per heavy atom. The summed E-state index contributed by atoms with van der Waals surface area (Å²) in [5.41, 5.74) is -0.883. The number of alkyl halides is 3. The first kappa shape index (κ1) is 16.3. The molecule has 7 heteroatoms. The minimum absolute atomic E-state index is 0.0315. The van der Waals surface area contributed by atoms with Gasteiger partial charge in [-0.1, -0.05) is 0 Å². The summed E-state index contributed by atoms with van der Waals surface area (Å²) in [5.74, 6) is -0.533. The van der Waals surface area contributed by atoms with Crippen LogP contribution >= 0.6 is 15.9 Å². The van der Waals surface area contributed by atoms with Gasteiger partial charge in [0, 0.05) is 10.5 Å². The molecule has 0 atom stereocenters. The fraction of sp³-hybridized carbons (Fsp3) is 0.500. The number of hydrogen-bond donors (Lipinski definition) is 2. The predicted octanol–water partition coefficient (Wildman–Crippen LogP) is 3.50. The van der Waals surface area contributed by atoms with Gasteiger partial charge in [0.25, 0.3) is 5.91 Å². The molecule has 0 bridgehead atoms. The fourth-order valence-electron chi connectivity index (χ4n) is 2.36. The van der Waals surface area contributed by atoms with E-state index < -0.39 is 17.6 Å². The van der Waals surface area contributed by atoms with Gasteiger partial charge in [-0.2, -0.15) is 13.2 Å². The number of aliphatic hydroxyl groups is 1. The Balaban J connectivity index is 2.11. The molecule has 1 aromatic carbocycles. The maximum atomic E-state index is 12.7. The maximum Gasteiger partial charge on any atom is 0.416 e. The van der Waals surface area contributed by atoms with Crippen molar-refractivity contribution >= 4 is 21.8 Å². The Hall–Kier alpha value is -1.08. The maximum absolute atomic E-state index is 12.7. The summed E-state index contributed by atoms with van der Waals surface area (Å²) >= 11 is 3.10. The summed E-state index contributed by atoms with van der Waals surface area (Å²) in [5, 5.41) is 12.1. The van der Waals surface area contributed by atoms with E-state index >= 15 is 0 Å². The van der Waals surface area contributed by atoms with Crippen molar-refractivity contribution in [3.63, 3.8) is 0 Å². The molecule has 0 spiro atoms. The normalized spacial score (nSPS) is 22.9. The van der Waals surface area contributed by atoms with Gasteiger partial charge in [-0.25, -0.2) is 0 Å². The average Bonchev–Trinajstić information content (AvgIpc) is 2.40. The standard InChI is InChI=1S/C14H15BrF3NO2/c15-12-6-1-8(14(16,17)18)7-11(12)13(21)19-9-2-4-10(20)5-3-9/h1,6-7,9-10,20H,2-5H2,(H,19,21). The number of hydrogen-bond acceptors (Lipinski definition) is 2. The van der Waals surface area contributed by atoms with Crippen molar-refractivity contribution in [3.8, 4) is 0 Å². The van der Waals surface area contributed by atoms with Crippen LogP contribution in [-0.2, 0) is 6.18 Å². The largest absolute Gasteiger partial charge is 0.416 e. The first-order valence-electron chi connectivity index (χ1n) is 6.63. The molecule has 0 radical (unpaired) electrons. The highest BCUT2D eigenvalue weighted by Gasteiger charge is 2.32. The highest BCUT2D eigenvalue weighted by atomic mass is 79.9. The Labute approximate surface area is 128 Å². The Kier molecular flexibility index (Phi) is 4.93. The molecule has 0 unspecified atom stereocenters. The number of benzene rings is 1. The lowest BCUT2D eigenvalue weighted by molar-refractivity contribution is -0.137. The SMILES string of the molecule is O=C(NC1CCC(O)CC1)c1cc(C(F)(F)F)ccc1Br. The highest BCUT2D eigenvalue weighted by Crippen LogP contribution is 2.32. The topological polar surface area (TPSA) is 49.3 Å². The van der Waals surface area contributed by atoms with Crippen LogP contribution in [0.15, 0.2) is 22.7 Å². The van der Waals surface area contributed by atoms with E-state index in [1.807, 2.05) is 0 Å². The van der Waals surface area contributed by atoms with Crippen LogP contribution in [0.2, 0.25) is 0 Å². The molecule has 2 rings (SSSR count). The number of carbonyl (C=O) groups excluding carboxylic acids is 1. The van der Waals surface area contributed by atoms with E-state index in [1.165, 1.54) is 6.07 Å². The van der Waals surface area contributed by atoms with Crippen molar-refractivity contribution in [1.29, 1.82) is 0 Å². The van der Waals surface area contributed by atoms with Crippen molar-refractivity contribution in [1.82, 2.24) is 5.32 Å². The van der Waals surface area contributed by atoms with Crippen molar-refractivity contribution < 1.29 is 23.1 Å². The first-order chi connectivity index (χ1) is 9.77. The van der Waals surface area contributed by atoms with Crippen LogP contribution < -0.4 is 5.32 Å². The molecule has 0 aliphatic heterocycles. The lowest BCUT2D eigenvalue weighted by Crippen LogP contribution is -2.38. The molecule has 21 heavy (non-hydrogen) atoms. The van der Waals surface area contributed by atoms with E-state index in [0.717, 1.165) is 12.1 Å². The van der Waals surface area contributed by atoms with E-state index in [0.29, 0.717) is 30.2 Å². The third-order valence-corrected chi connectivity index (χ3v) is 4.26. The summed E-state index contributed by atoms with van der Waals surface area (Å²) in [6.07, 6.45) is -2.39. The van der Waals surface area contributed by atoms with E-state index in [1.54, 1.807) is 0 Å². The number of carbonyl (C=O) groups is 1. The van der Waals surface area contributed by atoms with Crippen LogP contribution in [0.4, 0.5) is 13.2 Å². The molecule has 0 heterocycles. The molecular weight excluding hydrogens is 351 g/mol. The van der Waals surface area contributed by atoms with Gasteiger partial charge in [-0.3, -0.25) is 4.79 Å². The molecule has 1 aliphatic rings. The van der Waals surface area contributed by atoms with E-state index in [2.05, 4.69) is 21.2 Å². The quantitative estimate of drug-likeness (QED) is 0.842. The van der Waals surface area contributed by atoms with Crippen LogP contribution in [0.3, 0.4) is 0 Å². The lowest BCUT2D eigenvalue weighted by Gasteiger charge is -2.26. The van der Waals surface area contributed by atoms with Gasteiger partial charge in [0.15, 0.2) is 0 Å². The molecular formula is C14H15BrF3NO2. The zero-order valence-corrected chi connectivity index (χ0v) is 12.7. The molecule has 1 aromatic rings. The van der Waals surface area contributed by atoms with Crippen molar-refractivity contribution in [2.45, 2.75) is 44.0 Å². The van der Waals surface area contributed by atoms with Gasteiger partial charge in [0.05, 0.1) is 17.2 Å². The summed E-state index contributed by atoms with van der Waals surface area (Å²) < 4.78 is 38.4. The van der Waals surface area contributed by atoms with Crippen molar-refractivity contribution in [2.75, 3.05) is 0 Å². The summed E-state index contributed by atoms with van der Waals surface area (Å²) in [6, 6.07) is 2.89. The van der Waals surface area contributed by atoms with Crippen LogP contribution in [0.1, 0.15) is 41.6 Å². The summed E-state index contributed by atoms with van der Waals surface area (Å²) in [4.78, 5) is 12.1. The van der Waals surface area contributed by atoms with Gasteiger partial charge in [0.1, 0.15) is 0 Å². The fourth-order valence-corrected chi connectivity index (χ4v) is 2.79. The van der Waals surface area contributed by atoms with Gasteiger partial charge in [0.2, 0.25) is 0 Å². The van der Waals surface area contributed by atoms with Gasteiger partial charge < -0.3 is 10.4 Å². The minimum atomic E-state index is -4.48. The molecule has 0 aromatic heterocycles. The van der Waals surface area contributed by atoms with E-state index in [4.69, 9.17) is 0 Å². The third-order valence-electron chi connectivity index (χ3n) is 3.57. The number of aliphatic hydroxyl groups excluding tert-OH is 1. The number of halogens is 4. The second-order valence-electron chi connectivity index (χ2n) is 5.17. The molecule has 116 valence electrons. The second-order valence-corrected chi connectivity index (χ2v) is 6.03. The number of rotatable bonds is 2. The zero-order chi connectivity index (χ0) is 15.6. The number of nitrogens with one attached hydrogen (secondary N) is 1. The first-order valence-corrected chi connectivity index (χ1v) is 7.42. The van der Waals surface area contributed by atoms with E-state index in [9.17, 15) is 23.1 Å². The third kappa shape index (κ3) is 4.20. The Morgan fingerprint density at radius 3 is 2.43 bits per heavy atom. The molecule has 1 aliphatic carbocycles. The van der Waals surface area contributed by atoms with Gasteiger partial charge in [-0.05, 0) is 59.8 Å². The van der Waals surface area contributed by atoms with Gasteiger partial charge >= 0.3 is 6.18 Å². The summed E-state index contributed by atoms with van der Waals surface area (Å²) in [6.45, 7) is 0. The molecule has 1 saturated carbocycles. The predicted molar refractivity (Wildman–Crippen MR) is 74.9 cm³/mol. The molecule has 1 fully saturated rings. The average molecular weight is 366 g/mol. The molecule has 1 amide bonds. The van der Waals surface area contributed by atoms with E-state index in [-0.39, 0.29) is 17.7 Å². The van der Waals surface area contributed by atoms with Crippen LogP contribution in [0.5, 0.6) is 0 Å². The highest BCUT2D eigenvalue weighted by molar-refractivity contribution is 9.10. The molecule has 0 saturated heterocycles. The minimum Gasteiger partial charge on any atom is -0.393 e. The Morgan fingerprint density at radius 2 is 1.86 bits per heavy atom. The van der Waals surface area contributed by atoms with Gasteiger partial charge in [-0.15, -0.1) is 0 Å². The monoisotopic (exact) mass is 365 g/mol. The smallest absolute Gasteiger partial charge is 0.393 e. The van der Waals surface area contributed by atoms with Crippen LogP contribution in [-0.4, -0.2) is 23.2 Å². The second kappa shape index (κ2) is 6.36. The Bertz CT molecular complexity index is 525. The number of amides is 1. The van der Waals surface area contributed by atoms with Crippen LogP contribution in [0.25, 0.3) is 0 Å². The lowest BCUT2D eigenvalue weighted by atomic mass is 9.93. The van der Waals surface area contributed by atoms with Crippen molar-refractivity contribution in [2.24, 2.45) is 0 Å². The molecule has 2 N–H and O–H groups in total. The van der Waals surface area contributed by atoms with Crippen LogP contribution in [0, 0.1) is 0 Å². The molecule has 3 nitrogen and oxygen atoms in total. The van der Waals surface area contributed by atoms with Crippen molar-refractivity contribution in [3.05, 3.63) is 33.8 Å².